The highest BCUT2D eigenvalue weighted by Gasteiger charge is 2.11. The van der Waals surface area contributed by atoms with Crippen molar-refractivity contribution in [2.45, 2.75) is 25.9 Å². The summed E-state index contributed by atoms with van der Waals surface area (Å²) in [6.45, 7) is 4.81. The Labute approximate surface area is 149 Å². The Kier molecular flexibility index (Phi) is 6.83. The highest BCUT2D eigenvalue weighted by atomic mass is 16.5. The lowest BCUT2D eigenvalue weighted by Gasteiger charge is -2.16. The van der Waals surface area contributed by atoms with E-state index in [-0.39, 0.29) is 18.5 Å². The molecule has 0 bridgehead atoms. The Morgan fingerprint density at radius 1 is 1.08 bits per heavy atom. The molecular weight excluding hydrogens is 316 g/mol. The number of aliphatic hydroxyl groups excluding tert-OH is 1. The van der Waals surface area contributed by atoms with E-state index in [2.05, 4.69) is 42.7 Å². The van der Waals surface area contributed by atoms with Crippen LogP contribution in [0.25, 0.3) is 0 Å². The zero-order valence-corrected chi connectivity index (χ0v) is 15.0. The van der Waals surface area contributed by atoms with Gasteiger partial charge in [0.1, 0.15) is 5.75 Å². The van der Waals surface area contributed by atoms with Gasteiger partial charge in [-0.1, -0.05) is 48.9 Å². The number of methoxy groups -OCH3 is 1. The van der Waals surface area contributed by atoms with Gasteiger partial charge in [-0.25, -0.2) is 4.79 Å². The number of urea groups is 1. The number of hydrogen-bond donors (Lipinski definition) is 3. The maximum absolute atomic E-state index is 11.9. The summed E-state index contributed by atoms with van der Waals surface area (Å²) < 4.78 is 5.08. The van der Waals surface area contributed by atoms with Crippen molar-refractivity contribution in [1.82, 2.24) is 10.6 Å². The molecule has 0 spiro atoms. The first-order valence-corrected chi connectivity index (χ1v) is 8.40. The molecule has 25 heavy (non-hydrogen) atoms. The third-order valence-corrected chi connectivity index (χ3v) is 4.14. The molecule has 0 saturated heterocycles. The van der Waals surface area contributed by atoms with Crippen molar-refractivity contribution in [3.63, 3.8) is 0 Å². The lowest BCUT2D eigenvalue weighted by atomic mass is 9.99. The normalized spacial score (nSPS) is 13.0. The smallest absolute Gasteiger partial charge is 0.314 e. The monoisotopic (exact) mass is 342 g/mol. The van der Waals surface area contributed by atoms with Crippen LogP contribution in [-0.4, -0.2) is 31.3 Å². The Morgan fingerprint density at radius 2 is 1.76 bits per heavy atom. The van der Waals surface area contributed by atoms with Gasteiger partial charge in [-0.15, -0.1) is 0 Å². The fourth-order valence-electron chi connectivity index (χ4n) is 2.54. The fourth-order valence-corrected chi connectivity index (χ4v) is 2.54. The quantitative estimate of drug-likeness (QED) is 0.724. The van der Waals surface area contributed by atoms with Crippen LogP contribution in [0.1, 0.15) is 35.6 Å². The number of rotatable bonds is 7. The Morgan fingerprint density at radius 3 is 2.40 bits per heavy atom. The van der Waals surface area contributed by atoms with Crippen LogP contribution in [0.15, 0.2) is 48.5 Å². The second-order valence-electron chi connectivity index (χ2n) is 6.20. The molecule has 0 aromatic heterocycles. The second-order valence-corrected chi connectivity index (χ2v) is 6.20. The molecule has 0 aliphatic heterocycles. The first kappa shape index (κ1) is 18.8. The van der Waals surface area contributed by atoms with Crippen molar-refractivity contribution in [2.75, 3.05) is 20.2 Å². The third kappa shape index (κ3) is 5.80. The number of aryl methyl sites for hydroxylation is 1. The van der Waals surface area contributed by atoms with E-state index in [1.165, 1.54) is 11.1 Å². The van der Waals surface area contributed by atoms with Crippen LogP contribution < -0.4 is 15.4 Å². The second kappa shape index (κ2) is 9.08. The van der Waals surface area contributed by atoms with E-state index in [0.717, 1.165) is 11.3 Å². The van der Waals surface area contributed by atoms with E-state index in [9.17, 15) is 9.90 Å². The highest BCUT2D eigenvalue weighted by molar-refractivity contribution is 5.73. The third-order valence-electron chi connectivity index (χ3n) is 4.14. The fraction of sp³-hybridized carbons (Fsp3) is 0.350. The van der Waals surface area contributed by atoms with Gasteiger partial charge in [-0.3, -0.25) is 0 Å². The first-order chi connectivity index (χ1) is 12.0. The zero-order valence-electron chi connectivity index (χ0n) is 15.0. The molecule has 0 aliphatic carbocycles. The summed E-state index contributed by atoms with van der Waals surface area (Å²) in [5.41, 5.74) is 3.13. The number of carbonyl (C=O) groups is 1. The largest absolute Gasteiger partial charge is 0.497 e. The molecule has 2 aromatic carbocycles. The summed E-state index contributed by atoms with van der Waals surface area (Å²) in [5, 5.41) is 15.7. The van der Waals surface area contributed by atoms with Crippen molar-refractivity contribution in [3.05, 3.63) is 65.2 Å². The minimum absolute atomic E-state index is 0.150. The van der Waals surface area contributed by atoms with Crippen molar-refractivity contribution in [1.29, 1.82) is 0 Å². The summed E-state index contributed by atoms with van der Waals surface area (Å²) in [7, 11) is 1.59. The molecule has 0 heterocycles. The maximum Gasteiger partial charge on any atom is 0.314 e. The molecule has 2 aromatic rings. The SMILES string of the molecule is COc1ccc(C(O)CNC(=O)NCC(C)c2cccc(C)c2)cc1. The topological polar surface area (TPSA) is 70.6 Å². The van der Waals surface area contributed by atoms with Gasteiger partial charge in [0, 0.05) is 13.1 Å². The maximum atomic E-state index is 11.9. The van der Waals surface area contributed by atoms with Gasteiger partial charge in [0.2, 0.25) is 0 Å². The number of benzene rings is 2. The van der Waals surface area contributed by atoms with Gasteiger partial charge in [0.25, 0.3) is 0 Å². The van der Waals surface area contributed by atoms with Crippen LogP contribution in [-0.2, 0) is 0 Å². The lowest BCUT2D eigenvalue weighted by molar-refractivity contribution is 0.173. The van der Waals surface area contributed by atoms with Crippen LogP contribution in [0.5, 0.6) is 5.75 Å². The molecule has 5 heteroatoms. The molecule has 2 rings (SSSR count). The van der Waals surface area contributed by atoms with Gasteiger partial charge < -0.3 is 20.5 Å². The van der Waals surface area contributed by atoms with Gasteiger partial charge in [-0.2, -0.15) is 0 Å². The zero-order chi connectivity index (χ0) is 18.2. The van der Waals surface area contributed by atoms with E-state index >= 15 is 0 Å². The molecule has 0 saturated carbocycles. The number of carbonyl (C=O) groups excluding carboxylic acids is 1. The predicted molar refractivity (Wildman–Crippen MR) is 98.9 cm³/mol. The van der Waals surface area contributed by atoms with Gasteiger partial charge in [-0.05, 0) is 36.1 Å². The number of hydrogen-bond acceptors (Lipinski definition) is 3. The van der Waals surface area contributed by atoms with E-state index in [0.29, 0.717) is 6.54 Å². The Bertz CT molecular complexity index is 686. The van der Waals surface area contributed by atoms with Crippen molar-refractivity contribution >= 4 is 6.03 Å². The van der Waals surface area contributed by atoms with Crippen molar-refractivity contribution in [3.8, 4) is 5.75 Å². The summed E-state index contributed by atoms with van der Waals surface area (Å²) in [4.78, 5) is 11.9. The van der Waals surface area contributed by atoms with Gasteiger partial charge in [0.05, 0.1) is 13.2 Å². The van der Waals surface area contributed by atoms with Crippen LogP contribution in [0.4, 0.5) is 4.79 Å². The molecule has 3 N–H and O–H groups in total. The molecule has 0 aliphatic rings. The Hall–Kier alpha value is -2.53. The summed E-state index contributed by atoms with van der Waals surface area (Å²) >= 11 is 0. The predicted octanol–water partition coefficient (Wildman–Crippen LogP) is 3.14. The minimum Gasteiger partial charge on any atom is -0.497 e. The summed E-state index contributed by atoms with van der Waals surface area (Å²) in [5.74, 6) is 0.948. The standard InChI is InChI=1S/C20H26N2O3/c1-14-5-4-6-17(11-14)15(2)12-21-20(24)22-13-19(23)16-7-9-18(25-3)10-8-16/h4-11,15,19,23H,12-13H2,1-3H3,(H2,21,22,24). The van der Waals surface area contributed by atoms with Crippen LogP contribution in [0.3, 0.4) is 0 Å². The molecule has 2 unspecified atom stereocenters. The molecule has 2 amide bonds. The van der Waals surface area contributed by atoms with E-state index < -0.39 is 6.10 Å². The summed E-state index contributed by atoms with van der Waals surface area (Å²) in [6, 6.07) is 15.1. The molecule has 0 fully saturated rings. The van der Waals surface area contributed by atoms with Crippen molar-refractivity contribution in [2.24, 2.45) is 0 Å². The Balaban J connectivity index is 1.76. The summed E-state index contributed by atoms with van der Waals surface area (Å²) in [6.07, 6.45) is -0.758. The van der Waals surface area contributed by atoms with E-state index in [1.807, 2.05) is 6.07 Å². The highest BCUT2D eigenvalue weighted by Crippen LogP contribution is 2.17. The molecule has 134 valence electrons. The van der Waals surface area contributed by atoms with E-state index in [4.69, 9.17) is 4.74 Å². The molecule has 0 radical (unpaired) electrons. The lowest BCUT2D eigenvalue weighted by Crippen LogP contribution is -2.39. The van der Waals surface area contributed by atoms with Crippen LogP contribution in [0.2, 0.25) is 0 Å². The average Bonchev–Trinajstić information content (AvgIpc) is 2.64. The van der Waals surface area contributed by atoms with E-state index in [1.54, 1.807) is 31.4 Å². The van der Waals surface area contributed by atoms with Crippen molar-refractivity contribution < 1.29 is 14.6 Å². The minimum atomic E-state index is -0.758. The van der Waals surface area contributed by atoms with Gasteiger partial charge in [0.15, 0.2) is 0 Å². The number of ether oxygens (including phenoxy) is 1. The number of aliphatic hydroxyl groups is 1. The molecular formula is C20H26N2O3. The molecule has 5 nitrogen and oxygen atoms in total. The average molecular weight is 342 g/mol. The number of nitrogens with one attached hydrogen (secondary N) is 2. The van der Waals surface area contributed by atoms with Crippen LogP contribution in [0, 0.1) is 6.92 Å². The van der Waals surface area contributed by atoms with Crippen LogP contribution >= 0.6 is 0 Å². The van der Waals surface area contributed by atoms with Gasteiger partial charge >= 0.3 is 6.03 Å². The number of amides is 2. The molecule has 2 atom stereocenters. The first-order valence-electron chi connectivity index (χ1n) is 8.40.